The second-order valence-corrected chi connectivity index (χ2v) is 30.4. The van der Waals surface area contributed by atoms with E-state index in [2.05, 4.69) is 76.3 Å². The average molecular weight is 428 g/mol. The third kappa shape index (κ3) is 2.42. The van der Waals surface area contributed by atoms with Gasteiger partial charge in [-0.2, -0.15) is 0 Å². The number of allylic oxidation sites excluding steroid dienone is 5. The number of hydrogen-bond donors (Lipinski definition) is 0. The molecular formula is C20H25Cl2Zr. The van der Waals surface area contributed by atoms with Crippen molar-refractivity contribution in [1.82, 2.24) is 0 Å². The van der Waals surface area contributed by atoms with Gasteiger partial charge in [0.05, 0.1) is 0 Å². The number of aryl methyl sites for hydroxylation is 2. The van der Waals surface area contributed by atoms with Gasteiger partial charge in [-0.1, -0.05) is 0 Å². The van der Waals surface area contributed by atoms with Crippen molar-refractivity contribution in [2.45, 2.75) is 45.0 Å². The molecule has 0 amide bonds. The first-order valence-electron chi connectivity index (χ1n) is 8.46. The Kier molecular flexibility index (Phi) is 4.41. The second-order valence-electron chi connectivity index (χ2n) is 7.40. The van der Waals surface area contributed by atoms with Gasteiger partial charge in [0.15, 0.2) is 0 Å². The molecule has 3 rings (SSSR count). The summed E-state index contributed by atoms with van der Waals surface area (Å²) in [4.78, 5) is 0. The van der Waals surface area contributed by atoms with Crippen molar-refractivity contribution in [3.63, 3.8) is 0 Å². The van der Waals surface area contributed by atoms with E-state index in [1.54, 1.807) is 0 Å². The van der Waals surface area contributed by atoms with E-state index in [0.29, 0.717) is 0 Å². The Morgan fingerprint density at radius 1 is 1.13 bits per heavy atom. The van der Waals surface area contributed by atoms with Gasteiger partial charge in [-0.05, 0) is 0 Å². The van der Waals surface area contributed by atoms with Crippen molar-refractivity contribution in [3.8, 4) is 0 Å². The van der Waals surface area contributed by atoms with E-state index in [4.69, 9.17) is 17.0 Å². The van der Waals surface area contributed by atoms with E-state index >= 15 is 0 Å². The predicted octanol–water partition coefficient (Wildman–Crippen LogP) is 7.29. The standard InChI is InChI=1S/C12H13.C5H5.C3H7.2ClH.Zr/c1-8-6-10(3)12-9(2)4-5-11(12)7-8;1-2-4-5-3-1;1-3-2;;;/h4-7H,1-3H3;1-5H;1,3H2,2H3;2*1H;/q;;;;;+2/p-2. The fourth-order valence-corrected chi connectivity index (χ4v) is 22.1. The fraction of sp³-hybridized carbons (Fsp3) is 0.400. The third-order valence-electron chi connectivity index (χ3n) is 5.80. The molecule has 1 unspecified atom stereocenters. The summed E-state index contributed by atoms with van der Waals surface area (Å²) in [5.41, 5.74) is 5.27. The van der Waals surface area contributed by atoms with E-state index in [0.717, 1.165) is 10.5 Å². The number of benzene rings is 1. The van der Waals surface area contributed by atoms with Gasteiger partial charge in [0, 0.05) is 0 Å². The zero-order chi connectivity index (χ0) is 16.9. The predicted molar refractivity (Wildman–Crippen MR) is 101 cm³/mol. The molecule has 0 bridgehead atoms. The molecule has 23 heavy (non-hydrogen) atoms. The van der Waals surface area contributed by atoms with E-state index in [1.807, 2.05) is 0 Å². The molecule has 0 aliphatic heterocycles. The minimum atomic E-state index is -4.22. The van der Waals surface area contributed by atoms with Crippen LogP contribution in [0, 0.1) is 13.8 Å². The molecule has 0 fully saturated rings. The van der Waals surface area contributed by atoms with Crippen LogP contribution in [0.5, 0.6) is 0 Å². The van der Waals surface area contributed by atoms with Crippen LogP contribution in [0.2, 0.25) is 7.75 Å². The number of halogens is 2. The molecule has 1 atom stereocenters. The fourth-order valence-electron chi connectivity index (χ4n) is 4.65. The molecule has 0 saturated carbocycles. The quantitative estimate of drug-likeness (QED) is 0.473. The molecule has 0 radical (unpaired) electrons. The summed E-state index contributed by atoms with van der Waals surface area (Å²) in [7, 11) is 15.2. The van der Waals surface area contributed by atoms with Crippen molar-refractivity contribution in [2.75, 3.05) is 0 Å². The van der Waals surface area contributed by atoms with Crippen LogP contribution in [-0.2, 0) is 19.5 Å². The first-order valence-corrected chi connectivity index (χ1v) is 19.2. The molecule has 0 saturated heterocycles. The maximum absolute atomic E-state index is 7.61. The molecular weight excluding hydrogens is 402 g/mol. The maximum atomic E-state index is 7.61. The Morgan fingerprint density at radius 3 is 2.39 bits per heavy atom. The summed E-state index contributed by atoms with van der Waals surface area (Å²) < 4.78 is 0.926. The zero-order valence-corrected chi connectivity index (χ0v) is 18.3. The van der Waals surface area contributed by atoms with Crippen LogP contribution < -0.4 is 0 Å². The van der Waals surface area contributed by atoms with E-state index in [-0.39, 0.29) is 6.75 Å². The summed E-state index contributed by atoms with van der Waals surface area (Å²) in [6.45, 7) is 8.84. The molecule has 2 aliphatic carbocycles. The van der Waals surface area contributed by atoms with Crippen LogP contribution in [0.3, 0.4) is 0 Å². The SMILES string of the molecule is CC[CH2][Zr]([Cl])([Cl])([CH]1C=CC=C1)[C]1(C)C=Cc2cc(C)cc(C)c21. The molecule has 3 heteroatoms. The minimum absolute atomic E-state index is 0.209. The monoisotopic (exact) mass is 425 g/mol. The first kappa shape index (κ1) is 17.7. The van der Waals surface area contributed by atoms with Gasteiger partial charge in [0.1, 0.15) is 0 Å². The topological polar surface area (TPSA) is 0 Å². The van der Waals surface area contributed by atoms with Gasteiger partial charge in [0.2, 0.25) is 0 Å². The van der Waals surface area contributed by atoms with Crippen LogP contribution >= 0.6 is 17.0 Å². The molecule has 1 aromatic rings. The Bertz CT molecular complexity index is 730. The molecule has 2 aliphatic rings. The van der Waals surface area contributed by atoms with Crippen molar-refractivity contribution in [1.29, 1.82) is 0 Å². The van der Waals surface area contributed by atoms with Crippen LogP contribution in [-0.4, -0.2) is 0 Å². The van der Waals surface area contributed by atoms with E-state index in [9.17, 15) is 0 Å². The van der Waals surface area contributed by atoms with Crippen LogP contribution in [0.1, 0.15) is 42.5 Å². The zero-order valence-electron chi connectivity index (χ0n) is 14.4. The molecule has 0 N–H and O–H groups in total. The van der Waals surface area contributed by atoms with E-state index in [1.165, 1.54) is 22.3 Å². The van der Waals surface area contributed by atoms with Gasteiger partial charge in [-0.3, -0.25) is 0 Å². The average Bonchev–Trinajstić information content (AvgIpc) is 3.08. The number of hydrogen-bond acceptors (Lipinski definition) is 0. The Hall–Kier alpha value is -0.0969. The van der Waals surface area contributed by atoms with Crippen molar-refractivity contribution in [2.24, 2.45) is 0 Å². The van der Waals surface area contributed by atoms with Gasteiger partial charge in [0.25, 0.3) is 0 Å². The van der Waals surface area contributed by atoms with Crippen LogP contribution in [0.25, 0.3) is 6.08 Å². The summed E-state index contributed by atoms with van der Waals surface area (Å²) in [6, 6.07) is 4.53. The van der Waals surface area contributed by atoms with Gasteiger partial charge >= 0.3 is 149 Å². The summed E-state index contributed by atoms with van der Waals surface area (Å²) in [5, 5.41) is 0. The number of fused-ring (bicyclic) bond motifs is 1. The molecule has 0 spiro atoms. The molecule has 1 aromatic carbocycles. The Labute approximate surface area is 148 Å². The van der Waals surface area contributed by atoms with Gasteiger partial charge in [-0.15, -0.1) is 0 Å². The van der Waals surface area contributed by atoms with Crippen molar-refractivity contribution < 1.29 is 16.4 Å². The first-order chi connectivity index (χ1) is 10.7. The van der Waals surface area contributed by atoms with Crippen molar-refractivity contribution >= 4 is 23.1 Å². The molecule has 0 nitrogen and oxygen atoms in total. The number of rotatable bonds is 4. The van der Waals surface area contributed by atoms with Gasteiger partial charge in [-0.25, -0.2) is 0 Å². The van der Waals surface area contributed by atoms with E-state index < -0.39 is 16.4 Å². The van der Waals surface area contributed by atoms with Gasteiger partial charge < -0.3 is 0 Å². The summed E-state index contributed by atoms with van der Waals surface area (Å²) in [6.07, 6.45) is 14.2. The van der Waals surface area contributed by atoms with Crippen LogP contribution in [0.4, 0.5) is 0 Å². The van der Waals surface area contributed by atoms with Crippen LogP contribution in [0.15, 0.2) is 42.5 Å². The molecule has 0 aromatic heterocycles. The summed E-state index contributed by atoms with van der Waals surface area (Å²) in [5.74, 6) is 0. The Balaban J connectivity index is 2.26. The summed E-state index contributed by atoms with van der Waals surface area (Å²) >= 11 is -4.22. The van der Waals surface area contributed by atoms with Crippen molar-refractivity contribution in [3.05, 3.63) is 64.8 Å². The third-order valence-corrected chi connectivity index (χ3v) is 29.5. The Morgan fingerprint density at radius 2 is 1.78 bits per heavy atom. The second kappa shape index (κ2) is 5.72. The molecule has 123 valence electrons. The normalized spacial score (nSPS) is 24.9. The molecule has 0 heterocycles.